The highest BCUT2D eigenvalue weighted by Crippen LogP contribution is 2.23. The summed E-state index contributed by atoms with van der Waals surface area (Å²) >= 11 is 0. The van der Waals surface area contributed by atoms with Gasteiger partial charge in [-0.2, -0.15) is 13.6 Å². The van der Waals surface area contributed by atoms with Gasteiger partial charge in [0.25, 0.3) is 0 Å². The Morgan fingerprint density at radius 1 is 0.889 bits per heavy atom. The van der Waals surface area contributed by atoms with Crippen LogP contribution in [0, 0.1) is 6.92 Å². The molecule has 0 fully saturated rings. The van der Waals surface area contributed by atoms with Crippen molar-refractivity contribution in [2.24, 2.45) is 5.14 Å². The quantitative estimate of drug-likeness (QED) is 0.923. The number of aryl methyl sites for hydroxylation is 1. The average molecular weight is 263 g/mol. The van der Waals surface area contributed by atoms with Crippen LogP contribution in [0.1, 0.15) is 5.56 Å². The lowest BCUT2D eigenvalue weighted by molar-refractivity contribution is 0.488. The molecule has 2 aromatic rings. The second-order valence-electron chi connectivity index (χ2n) is 3.97. The van der Waals surface area contributed by atoms with E-state index in [0.717, 1.165) is 11.1 Å². The molecule has 0 aliphatic rings. The van der Waals surface area contributed by atoms with Crippen LogP contribution in [0.25, 0.3) is 11.1 Å². The second kappa shape index (κ2) is 4.80. The Morgan fingerprint density at radius 2 is 1.33 bits per heavy atom. The first kappa shape index (κ1) is 12.6. The molecule has 2 aromatic carbocycles. The van der Waals surface area contributed by atoms with Gasteiger partial charge < -0.3 is 4.18 Å². The predicted molar refractivity (Wildman–Crippen MR) is 70.4 cm³/mol. The molecule has 4 nitrogen and oxygen atoms in total. The SMILES string of the molecule is Cc1ccc(-c2ccc(OS(N)(=O)=O)cc2)cc1. The Labute approximate surface area is 106 Å². The van der Waals surface area contributed by atoms with E-state index in [2.05, 4.69) is 4.18 Å². The van der Waals surface area contributed by atoms with E-state index in [1.54, 1.807) is 24.3 Å². The average Bonchev–Trinajstić information content (AvgIpc) is 2.29. The van der Waals surface area contributed by atoms with E-state index >= 15 is 0 Å². The van der Waals surface area contributed by atoms with Gasteiger partial charge in [0, 0.05) is 0 Å². The third kappa shape index (κ3) is 3.32. The molecule has 0 amide bonds. The first-order valence-electron chi connectivity index (χ1n) is 5.33. The Balaban J connectivity index is 2.25. The molecule has 0 aliphatic heterocycles. The summed E-state index contributed by atoms with van der Waals surface area (Å²) in [6.45, 7) is 2.02. The lowest BCUT2D eigenvalue weighted by atomic mass is 10.0. The van der Waals surface area contributed by atoms with Crippen molar-refractivity contribution in [2.45, 2.75) is 6.92 Å². The van der Waals surface area contributed by atoms with Crippen LogP contribution in [0.5, 0.6) is 5.75 Å². The molecule has 0 spiro atoms. The number of benzene rings is 2. The molecule has 0 unspecified atom stereocenters. The topological polar surface area (TPSA) is 69.4 Å². The number of hydrogen-bond donors (Lipinski definition) is 1. The van der Waals surface area contributed by atoms with Crippen LogP contribution in [0.15, 0.2) is 48.5 Å². The zero-order valence-corrected chi connectivity index (χ0v) is 10.6. The molecular weight excluding hydrogens is 250 g/mol. The highest BCUT2D eigenvalue weighted by Gasteiger charge is 2.05. The van der Waals surface area contributed by atoms with Crippen molar-refractivity contribution in [1.82, 2.24) is 0 Å². The number of nitrogens with two attached hydrogens (primary N) is 1. The number of hydrogen-bond acceptors (Lipinski definition) is 3. The zero-order chi connectivity index (χ0) is 13.2. The maximum atomic E-state index is 10.7. The van der Waals surface area contributed by atoms with Gasteiger partial charge in [0.15, 0.2) is 0 Å². The molecule has 0 aromatic heterocycles. The summed E-state index contributed by atoms with van der Waals surface area (Å²) in [6.07, 6.45) is 0. The van der Waals surface area contributed by atoms with Gasteiger partial charge >= 0.3 is 10.3 Å². The zero-order valence-electron chi connectivity index (χ0n) is 9.83. The minimum atomic E-state index is -3.96. The fourth-order valence-corrected chi connectivity index (χ4v) is 1.96. The second-order valence-corrected chi connectivity index (χ2v) is 5.12. The van der Waals surface area contributed by atoms with E-state index in [4.69, 9.17) is 5.14 Å². The maximum absolute atomic E-state index is 10.7. The summed E-state index contributed by atoms with van der Waals surface area (Å²) in [5.41, 5.74) is 3.23. The van der Waals surface area contributed by atoms with Crippen LogP contribution < -0.4 is 9.32 Å². The van der Waals surface area contributed by atoms with Crippen LogP contribution in [-0.4, -0.2) is 8.42 Å². The summed E-state index contributed by atoms with van der Waals surface area (Å²) in [6, 6.07) is 14.7. The predicted octanol–water partition coefficient (Wildman–Crippen LogP) is 2.24. The highest BCUT2D eigenvalue weighted by atomic mass is 32.2. The summed E-state index contributed by atoms with van der Waals surface area (Å²) in [7, 11) is -3.96. The van der Waals surface area contributed by atoms with Crippen LogP contribution in [0.2, 0.25) is 0 Å². The Bertz CT molecular complexity index is 631. The third-order valence-corrected chi connectivity index (χ3v) is 2.88. The molecule has 5 heteroatoms. The maximum Gasteiger partial charge on any atom is 0.380 e. The summed E-state index contributed by atoms with van der Waals surface area (Å²) in [5.74, 6) is 0.202. The summed E-state index contributed by atoms with van der Waals surface area (Å²) < 4.78 is 26.1. The van der Waals surface area contributed by atoms with Gasteiger partial charge in [-0.25, -0.2) is 0 Å². The molecular formula is C13H13NO3S. The first-order valence-corrected chi connectivity index (χ1v) is 6.80. The Hall–Kier alpha value is -1.85. The lowest BCUT2D eigenvalue weighted by Crippen LogP contribution is -2.18. The van der Waals surface area contributed by atoms with Gasteiger partial charge in [-0.1, -0.05) is 42.0 Å². The third-order valence-electron chi connectivity index (χ3n) is 2.45. The fourth-order valence-electron chi connectivity index (χ4n) is 1.58. The molecule has 2 N–H and O–H groups in total. The summed E-state index contributed by atoms with van der Waals surface area (Å²) in [5, 5.41) is 4.78. The molecule has 0 saturated carbocycles. The molecule has 18 heavy (non-hydrogen) atoms. The van der Waals surface area contributed by atoms with Crippen molar-refractivity contribution < 1.29 is 12.6 Å². The standard InChI is InChI=1S/C13H13NO3S/c1-10-2-4-11(5-3-10)12-6-8-13(9-7-12)17-18(14,15)16/h2-9H,1H3,(H2,14,15,16). The van der Waals surface area contributed by atoms with Gasteiger partial charge in [-0.3, -0.25) is 0 Å². The van der Waals surface area contributed by atoms with E-state index in [1.807, 2.05) is 31.2 Å². The highest BCUT2D eigenvalue weighted by molar-refractivity contribution is 7.84. The molecule has 0 heterocycles. The molecule has 0 aliphatic carbocycles. The van der Waals surface area contributed by atoms with Crippen LogP contribution in [-0.2, 0) is 10.3 Å². The molecule has 0 bridgehead atoms. The molecule has 0 saturated heterocycles. The van der Waals surface area contributed by atoms with E-state index < -0.39 is 10.3 Å². The molecule has 0 radical (unpaired) electrons. The van der Waals surface area contributed by atoms with Crippen molar-refractivity contribution >= 4 is 10.3 Å². The normalized spacial score (nSPS) is 11.2. The van der Waals surface area contributed by atoms with E-state index in [-0.39, 0.29) is 5.75 Å². The van der Waals surface area contributed by atoms with E-state index in [1.165, 1.54) is 5.56 Å². The molecule has 0 atom stereocenters. The Morgan fingerprint density at radius 3 is 1.78 bits per heavy atom. The van der Waals surface area contributed by atoms with Crippen molar-refractivity contribution in [3.63, 3.8) is 0 Å². The van der Waals surface area contributed by atoms with Gasteiger partial charge in [-0.15, -0.1) is 0 Å². The minimum absolute atomic E-state index is 0.202. The lowest BCUT2D eigenvalue weighted by Gasteiger charge is -2.05. The summed E-state index contributed by atoms with van der Waals surface area (Å²) in [4.78, 5) is 0. The minimum Gasteiger partial charge on any atom is -0.371 e. The monoisotopic (exact) mass is 263 g/mol. The van der Waals surface area contributed by atoms with Crippen molar-refractivity contribution in [1.29, 1.82) is 0 Å². The van der Waals surface area contributed by atoms with Crippen molar-refractivity contribution in [3.8, 4) is 16.9 Å². The molecule has 2 rings (SSSR count). The van der Waals surface area contributed by atoms with Gasteiger partial charge in [0.1, 0.15) is 5.75 Å². The van der Waals surface area contributed by atoms with Crippen LogP contribution >= 0.6 is 0 Å². The van der Waals surface area contributed by atoms with Gasteiger partial charge in [0.05, 0.1) is 0 Å². The van der Waals surface area contributed by atoms with Crippen molar-refractivity contribution in [2.75, 3.05) is 0 Å². The van der Waals surface area contributed by atoms with Crippen molar-refractivity contribution in [3.05, 3.63) is 54.1 Å². The fraction of sp³-hybridized carbons (Fsp3) is 0.0769. The van der Waals surface area contributed by atoms with Gasteiger partial charge in [0.2, 0.25) is 0 Å². The largest absolute Gasteiger partial charge is 0.380 e. The van der Waals surface area contributed by atoms with Gasteiger partial charge in [-0.05, 0) is 30.2 Å². The Kier molecular flexibility index (Phi) is 3.36. The van der Waals surface area contributed by atoms with Crippen LogP contribution in [0.3, 0.4) is 0 Å². The number of rotatable bonds is 3. The van der Waals surface area contributed by atoms with E-state index in [9.17, 15) is 8.42 Å². The smallest absolute Gasteiger partial charge is 0.371 e. The molecule has 94 valence electrons. The van der Waals surface area contributed by atoms with E-state index in [0.29, 0.717) is 0 Å². The first-order chi connectivity index (χ1) is 8.44. The van der Waals surface area contributed by atoms with Crippen LogP contribution in [0.4, 0.5) is 0 Å².